The molecule has 2 aromatic rings. The van der Waals surface area contributed by atoms with Crippen LogP contribution < -0.4 is 4.74 Å². The third-order valence-corrected chi connectivity index (χ3v) is 3.74. The average molecular weight is 273 g/mol. The van der Waals surface area contributed by atoms with Crippen molar-refractivity contribution >= 4 is 12.2 Å². The van der Waals surface area contributed by atoms with Crippen molar-refractivity contribution in [2.75, 3.05) is 7.11 Å². The summed E-state index contributed by atoms with van der Waals surface area (Å²) in [5.41, 5.74) is 2.40. The van der Waals surface area contributed by atoms with Crippen molar-refractivity contribution in [1.82, 2.24) is 15.0 Å². The Morgan fingerprint density at radius 3 is 2.84 bits per heavy atom. The van der Waals surface area contributed by atoms with Crippen LogP contribution >= 0.6 is 12.2 Å². The van der Waals surface area contributed by atoms with Gasteiger partial charge in [0.2, 0.25) is 4.77 Å². The number of rotatable bonds is 3. The molecule has 0 radical (unpaired) electrons. The number of ether oxygens (including phenoxy) is 1. The molecule has 0 spiro atoms. The fourth-order valence-electron chi connectivity index (χ4n) is 2.28. The Labute approximate surface area is 116 Å². The van der Waals surface area contributed by atoms with Crippen LogP contribution in [-0.4, -0.2) is 22.1 Å². The number of H-pyrrole nitrogens is 1. The second kappa shape index (κ2) is 5.09. The minimum absolute atomic E-state index is 0.291. The average Bonchev–Trinajstić information content (AvgIpc) is 2.36. The van der Waals surface area contributed by atoms with Crippen LogP contribution in [0.4, 0.5) is 0 Å². The summed E-state index contributed by atoms with van der Waals surface area (Å²) in [6, 6.07) is 8.84. The SMILES string of the molecule is COc1nc(=S)nc(-c2cccc(C3CCC3)c2)[nH]1. The normalized spacial score (nSPS) is 15.0. The minimum Gasteiger partial charge on any atom is -0.468 e. The molecule has 0 aliphatic heterocycles. The fourth-order valence-corrected chi connectivity index (χ4v) is 2.45. The van der Waals surface area contributed by atoms with Crippen molar-refractivity contribution in [2.24, 2.45) is 0 Å². The van der Waals surface area contributed by atoms with Gasteiger partial charge in [0, 0.05) is 5.56 Å². The monoisotopic (exact) mass is 273 g/mol. The highest BCUT2D eigenvalue weighted by molar-refractivity contribution is 7.71. The Balaban J connectivity index is 2.01. The first-order valence-electron chi connectivity index (χ1n) is 6.39. The second-order valence-corrected chi connectivity index (χ2v) is 5.11. The number of benzene rings is 1. The second-order valence-electron chi connectivity index (χ2n) is 4.74. The standard InChI is InChI=1S/C14H15N3OS/c1-18-13-15-12(16-14(19)17-13)11-7-3-6-10(8-11)9-4-2-5-9/h3,6-9H,2,4-5H2,1H3,(H,15,16,17,19). The van der Waals surface area contributed by atoms with Gasteiger partial charge in [-0.25, -0.2) is 4.98 Å². The van der Waals surface area contributed by atoms with Gasteiger partial charge in [-0.2, -0.15) is 4.98 Å². The van der Waals surface area contributed by atoms with Crippen molar-refractivity contribution in [3.8, 4) is 17.4 Å². The smallest absolute Gasteiger partial charge is 0.297 e. The Hall–Kier alpha value is -1.75. The number of nitrogens with zero attached hydrogens (tertiary/aromatic N) is 2. The molecular formula is C14H15N3OS. The van der Waals surface area contributed by atoms with Gasteiger partial charge >= 0.3 is 0 Å². The van der Waals surface area contributed by atoms with E-state index >= 15 is 0 Å². The molecular weight excluding hydrogens is 258 g/mol. The van der Waals surface area contributed by atoms with Gasteiger partial charge in [0.05, 0.1) is 7.11 Å². The van der Waals surface area contributed by atoms with Crippen LogP contribution in [0.15, 0.2) is 24.3 Å². The molecule has 1 heterocycles. The van der Waals surface area contributed by atoms with E-state index in [1.54, 1.807) is 7.11 Å². The number of hydrogen-bond donors (Lipinski definition) is 1. The molecule has 0 amide bonds. The van der Waals surface area contributed by atoms with Gasteiger partial charge in [-0.05, 0) is 42.6 Å². The molecule has 3 rings (SSSR count). The summed E-state index contributed by atoms with van der Waals surface area (Å²) in [5, 5.41) is 0. The van der Waals surface area contributed by atoms with E-state index < -0.39 is 0 Å². The first-order valence-corrected chi connectivity index (χ1v) is 6.80. The quantitative estimate of drug-likeness (QED) is 0.870. The third-order valence-electron chi connectivity index (χ3n) is 3.56. The molecule has 1 fully saturated rings. The maximum Gasteiger partial charge on any atom is 0.297 e. The topological polar surface area (TPSA) is 50.8 Å². The number of aromatic amines is 1. The fraction of sp³-hybridized carbons (Fsp3) is 0.357. The molecule has 0 saturated heterocycles. The predicted molar refractivity (Wildman–Crippen MR) is 75.8 cm³/mol. The number of hydrogen-bond acceptors (Lipinski definition) is 4. The van der Waals surface area contributed by atoms with E-state index in [-0.39, 0.29) is 0 Å². The van der Waals surface area contributed by atoms with E-state index in [9.17, 15) is 0 Å². The maximum absolute atomic E-state index is 5.09. The van der Waals surface area contributed by atoms with E-state index in [1.807, 2.05) is 6.07 Å². The number of methoxy groups -OCH3 is 1. The molecule has 4 nitrogen and oxygen atoms in total. The van der Waals surface area contributed by atoms with Crippen molar-refractivity contribution in [3.63, 3.8) is 0 Å². The maximum atomic E-state index is 5.09. The lowest BCUT2D eigenvalue weighted by molar-refractivity contribution is 0.378. The Morgan fingerprint density at radius 2 is 2.16 bits per heavy atom. The lowest BCUT2D eigenvalue weighted by Gasteiger charge is -2.26. The number of aromatic nitrogens is 3. The zero-order chi connectivity index (χ0) is 13.2. The Bertz CT molecular complexity index is 649. The highest BCUT2D eigenvalue weighted by atomic mass is 32.1. The zero-order valence-electron chi connectivity index (χ0n) is 10.7. The molecule has 98 valence electrons. The number of nitrogens with one attached hydrogen (secondary N) is 1. The highest BCUT2D eigenvalue weighted by Crippen LogP contribution is 2.37. The van der Waals surface area contributed by atoms with Crippen LogP contribution in [0.1, 0.15) is 30.7 Å². The van der Waals surface area contributed by atoms with E-state index in [0.717, 1.165) is 5.56 Å². The molecule has 1 aliphatic carbocycles. The molecule has 0 bridgehead atoms. The van der Waals surface area contributed by atoms with Crippen molar-refractivity contribution in [1.29, 1.82) is 0 Å². The predicted octanol–water partition coefficient (Wildman–Crippen LogP) is 3.48. The van der Waals surface area contributed by atoms with E-state index in [4.69, 9.17) is 17.0 Å². The summed E-state index contributed by atoms with van der Waals surface area (Å²) in [6.45, 7) is 0. The molecule has 1 aliphatic rings. The van der Waals surface area contributed by atoms with Crippen molar-refractivity contribution in [3.05, 3.63) is 34.6 Å². The Kier molecular flexibility index (Phi) is 3.29. The molecule has 5 heteroatoms. The van der Waals surface area contributed by atoms with Crippen LogP contribution in [0.3, 0.4) is 0 Å². The van der Waals surface area contributed by atoms with Crippen molar-refractivity contribution < 1.29 is 4.74 Å². The van der Waals surface area contributed by atoms with Crippen molar-refractivity contribution in [2.45, 2.75) is 25.2 Å². The largest absolute Gasteiger partial charge is 0.468 e. The van der Waals surface area contributed by atoms with Gasteiger partial charge in [-0.1, -0.05) is 24.6 Å². The lowest BCUT2D eigenvalue weighted by Crippen LogP contribution is -2.08. The van der Waals surface area contributed by atoms with Crippen LogP contribution in [-0.2, 0) is 0 Å². The summed E-state index contributed by atoms with van der Waals surface area (Å²) in [7, 11) is 1.56. The summed E-state index contributed by atoms with van der Waals surface area (Å²) >= 11 is 5.05. The molecule has 19 heavy (non-hydrogen) atoms. The van der Waals surface area contributed by atoms with Crippen LogP contribution in [0.25, 0.3) is 11.4 Å². The molecule has 1 N–H and O–H groups in total. The summed E-state index contributed by atoms with van der Waals surface area (Å²) < 4.78 is 5.39. The lowest BCUT2D eigenvalue weighted by atomic mass is 9.80. The van der Waals surface area contributed by atoms with Gasteiger partial charge in [0.15, 0.2) is 0 Å². The first-order chi connectivity index (χ1) is 9.26. The van der Waals surface area contributed by atoms with Gasteiger partial charge in [0.25, 0.3) is 6.01 Å². The van der Waals surface area contributed by atoms with Crippen LogP contribution in [0, 0.1) is 4.77 Å². The van der Waals surface area contributed by atoms with Gasteiger partial charge < -0.3 is 4.74 Å². The summed E-state index contributed by atoms with van der Waals surface area (Å²) in [4.78, 5) is 11.3. The van der Waals surface area contributed by atoms with E-state index in [2.05, 4.69) is 33.2 Å². The molecule has 0 unspecified atom stereocenters. The first kappa shape index (κ1) is 12.3. The summed E-state index contributed by atoms with van der Waals surface area (Å²) in [5.74, 6) is 1.41. The zero-order valence-corrected chi connectivity index (χ0v) is 11.5. The van der Waals surface area contributed by atoms with Gasteiger partial charge in [-0.3, -0.25) is 4.98 Å². The van der Waals surface area contributed by atoms with Crippen LogP contribution in [0.2, 0.25) is 0 Å². The molecule has 1 aromatic carbocycles. The van der Waals surface area contributed by atoms with Crippen LogP contribution in [0.5, 0.6) is 6.01 Å². The molecule has 0 atom stereocenters. The third kappa shape index (κ3) is 2.51. The Morgan fingerprint density at radius 1 is 1.32 bits per heavy atom. The van der Waals surface area contributed by atoms with Gasteiger partial charge in [0.1, 0.15) is 5.82 Å². The van der Waals surface area contributed by atoms with Gasteiger partial charge in [-0.15, -0.1) is 0 Å². The van der Waals surface area contributed by atoms with E-state index in [0.29, 0.717) is 22.5 Å². The summed E-state index contributed by atoms with van der Waals surface area (Å²) in [6.07, 6.45) is 3.90. The highest BCUT2D eigenvalue weighted by Gasteiger charge is 2.19. The molecule has 1 saturated carbocycles. The minimum atomic E-state index is 0.291. The molecule has 1 aromatic heterocycles. The van der Waals surface area contributed by atoms with E-state index in [1.165, 1.54) is 24.8 Å².